The van der Waals surface area contributed by atoms with Crippen LogP contribution in [0.4, 0.5) is 0 Å². The summed E-state index contributed by atoms with van der Waals surface area (Å²) in [5.74, 6) is 0.458. The number of amides is 2. The molecule has 4 heterocycles. The molecule has 29 heavy (non-hydrogen) atoms. The fraction of sp³-hybridized carbons (Fsp3) is 0.905. The Bertz CT molecular complexity index is 588. The van der Waals surface area contributed by atoms with Crippen molar-refractivity contribution in [1.29, 1.82) is 0 Å². The van der Waals surface area contributed by atoms with Crippen LogP contribution in [0.25, 0.3) is 0 Å². The van der Waals surface area contributed by atoms with Crippen molar-refractivity contribution < 1.29 is 19.8 Å². The number of carbonyl (C=O) groups excluding carboxylic acids is 2. The van der Waals surface area contributed by atoms with E-state index in [9.17, 15) is 9.59 Å². The van der Waals surface area contributed by atoms with Gasteiger partial charge in [0.05, 0.1) is 20.1 Å². The Kier molecular flexibility index (Phi) is 6.73. The molecule has 0 radical (unpaired) electrons. The van der Waals surface area contributed by atoms with E-state index in [1.54, 1.807) is 0 Å². The molecule has 0 aliphatic carbocycles. The Labute approximate surface area is 174 Å². The van der Waals surface area contributed by atoms with Crippen molar-refractivity contribution in [3.05, 3.63) is 0 Å². The number of hydrogen-bond donors (Lipinski definition) is 3. The average Bonchev–Trinajstić information content (AvgIpc) is 3.09. The summed E-state index contributed by atoms with van der Waals surface area (Å²) in [5.41, 5.74) is 0. The normalized spacial score (nSPS) is 37.1. The number of likely N-dealkylation sites (tertiary alicyclic amines) is 1. The summed E-state index contributed by atoms with van der Waals surface area (Å²) in [6.07, 6.45) is 7.11. The van der Waals surface area contributed by atoms with Crippen molar-refractivity contribution in [1.82, 2.24) is 20.0 Å². The molecule has 4 N–H and O–H groups in total. The highest BCUT2D eigenvalue weighted by Crippen LogP contribution is 2.17. The standard InChI is InChI=1S/C21H38N6O2/c1-24-10-8-17-20(24)21(29)23-15-16(25(17)2)6-7-19(28)27-13-11-26(12-14-27)18-5-3-4-9-22-18/h16-18,20,22H,3-15H2,1-2H3,(H,23,29)/p+2/t16-,17-,18?,20-/m0/s1. The predicted octanol–water partition coefficient (Wildman–Crippen LogP) is -2.93. The van der Waals surface area contributed by atoms with Crippen LogP contribution in [-0.4, -0.2) is 111 Å². The maximum atomic E-state index is 12.9. The lowest BCUT2D eigenvalue weighted by atomic mass is 10.0. The van der Waals surface area contributed by atoms with Crippen LogP contribution in [0.3, 0.4) is 0 Å². The van der Waals surface area contributed by atoms with Crippen LogP contribution in [0.2, 0.25) is 0 Å². The molecule has 4 saturated heterocycles. The Morgan fingerprint density at radius 1 is 1.17 bits per heavy atom. The van der Waals surface area contributed by atoms with Gasteiger partial charge in [0.15, 0.2) is 0 Å². The zero-order valence-electron chi connectivity index (χ0n) is 18.2. The number of fused-ring (bicyclic) bond motifs is 1. The molecule has 8 nitrogen and oxygen atoms in total. The van der Waals surface area contributed by atoms with Gasteiger partial charge in [0.1, 0.15) is 24.3 Å². The molecule has 4 fully saturated rings. The van der Waals surface area contributed by atoms with Crippen LogP contribution >= 0.6 is 0 Å². The molecule has 164 valence electrons. The quantitative estimate of drug-likeness (QED) is 0.466. The lowest BCUT2D eigenvalue weighted by Crippen LogP contribution is -3.18. The molecule has 2 unspecified atom stereocenters. The summed E-state index contributed by atoms with van der Waals surface area (Å²) in [6, 6.07) is 0.654. The third-order valence-electron chi connectivity index (χ3n) is 7.90. The third kappa shape index (κ3) is 4.60. The van der Waals surface area contributed by atoms with Crippen molar-refractivity contribution >= 4 is 11.8 Å². The van der Waals surface area contributed by atoms with E-state index in [1.165, 1.54) is 30.7 Å². The molecule has 5 atom stereocenters. The van der Waals surface area contributed by atoms with Crippen LogP contribution in [0.15, 0.2) is 0 Å². The van der Waals surface area contributed by atoms with Gasteiger partial charge in [0.2, 0.25) is 11.8 Å². The molecule has 8 heteroatoms. The smallest absolute Gasteiger partial charge is 0.243 e. The van der Waals surface area contributed by atoms with Gasteiger partial charge in [-0.25, -0.2) is 0 Å². The summed E-state index contributed by atoms with van der Waals surface area (Å²) in [5, 5.41) is 5.62. The molecule has 4 rings (SSSR count). The van der Waals surface area contributed by atoms with E-state index >= 15 is 0 Å². The van der Waals surface area contributed by atoms with E-state index in [2.05, 4.69) is 32.4 Å². The first-order valence-corrected chi connectivity index (χ1v) is 11.7. The van der Waals surface area contributed by atoms with E-state index < -0.39 is 0 Å². The van der Waals surface area contributed by atoms with Gasteiger partial charge in [0, 0.05) is 58.4 Å². The Hall–Kier alpha value is -1.22. The molecule has 4 aliphatic rings. The Morgan fingerprint density at radius 3 is 2.69 bits per heavy atom. The van der Waals surface area contributed by atoms with Crippen LogP contribution in [-0.2, 0) is 9.59 Å². The van der Waals surface area contributed by atoms with Crippen LogP contribution in [0, 0.1) is 0 Å². The van der Waals surface area contributed by atoms with E-state index in [1.807, 2.05) is 7.05 Å². The summed E-state index contributed by atoms with van der Waals surface area (Å²) in [6.45, 7) is 6.65. The average molecular weight is 409 g/mol. The Morgan fingerprint density at radius 2 is 1.97 bits per heavy atom. The summed E-state index contributed by atoms with van der Waals surface area (Å²) < 4.78 is 0. The van der Waals surface area contributed by atoms with Crippen molar-refractivity contribution in [2.75, 3.05) is 59.9 Å². The number of carbonyl (C=O) groups is 2. The summed E-state index contributed by atoms with van der Waals surface area (Å²) >= 11 is 0. The number of piperazine rings is 1. The molecule has 0 aromatic rings. The van der Waals surface area contributed by atoms with Gasteiger partial charge in [-0.3, -0.25) is 19.4 Å². The number of piperidine rings is 1. The topological polar surface area (TPSA) is 76.9 Å². The maximum absolute atomic E-state index is 12.9. The first-order chi connectivity index (χ1) is 14.0. The third-order valence-corrected chi connectivity index (χ3v) is 7.90. The maximum Gasteiger partial charge on any atom is 0.243 e. The fourth-order valence-electron chi connectivity index (χ4n) is 5.94. The van der Waals surface area contributed by atoms with Crippen LogP contribution < -0.4 is 15.5 Å². The number of nitrogens with two attached hydrogens (primary N) is 1. The SMILES string of the molecule is CN1CC[C@H]2[C@H]1C(=O)NC[C@H](CCC(=O)N1CCN(C3CCCC[NH2+]3)CC1)[NH+]2C. The number of rotatable bonds is 4. The van der Waals surface area contributed by atoms with Gasteiger partial charge in [-0.2, -0.15) is 0 Å². The largest absolute Gasteiger partial charge is 0.349 e. The van der Waals surface area contributed by atoms with Crippen LogP contribution in [0.1, 0.15) is 38.5 Å². The van der Waals surface area contributed by atoms with Crippen molar-refractivity contribution in [2.45, 2.75) is 62.8 Å². The van der Waals surface area contributed by atoms with Crippen molar-refractivity contribution in [3.8, 4) is 0 Å². The Balaban J connectivity index is 1.25. The minimum Gasteiger partial charge on any atom is -0.349 e. The van der Waals surface area contributed by atoms with Gasteiger partial charge in [-0.05, 0) is 19.9 Å². The van der Waals surface area contributed by atoms with Crippen molar-refractivity contribution in [2.24, 2.45) is 0 Å². The number of nitrogens with zero attached hydrogens (tertiary/aromatic N) is 3. The van der Waals surface area contributed by atoms with Gasteiger partial charge in [0.25, 0.3) is 0 Å². The van der Waals surface area contributed by atoms with E-state index in [0.29, 0.717) is 37.1 Å². The molecule has 4 aliphatic heterocycles. The molecule has 0 bridgehead atoms. The minimum absolute atomic E-state index is 0.0135. The van der Waals surface area contributed by atoms with Crippen LogP contribution in [0.5, 0.6) is 0 Å². The summed E-state index contributed by atoms with van der Waals surface area (Å²) in [4.78, 5) is 33.6. The van der Waals surface area contributed by atoms with Gasteiger partial charge in [-0.15, -0.1) is 0 Å². The number of nitrogens with one attached hydrogen (secondary N) is 2. The monoisotopic (exact) mass is 408 g/mol. The van der Waals surface area contributed by atoms with Crippen molar-refractivity contribution in [3.63, 3.8) is 0 Å². The molecule has 0 aromatic heterocycles. The first kappa shape index (κ1) is 21.0. The van der Waals surface area contributed by atoms with Gasteiger partial charge < -0.3 is 20.4 Å². The molecule has 0 spiro atoms. The number of quaternary nitrogens is 2. The van der Waals surface area contributed by atoms with E-state index in [-0.39, 0.29) is 11.9 Å². The van der Waals surface area contributed by atoms with E-state index in [0.717, 1.165) is 45.6 Å². The highest BCUT2D eigenvalue weighted by Gasteiger charge is 2.46. The number of hydrogen-bond acceptors (Lipinski definition) is 4. The highest BCUT2D eigenvalue weighted by molar-refractivity contribution is 5.83. The second-order valence-electron chi connectivity index (χ2n) is 9.55. The zero-order valence-corrected chi connectivity index (χ0v) is 18.2. The number of likely N-dealkylation sites (N-methyl/N-ethyl adjacent to an activating group) is 2. The molecular weight excluding hydrogens is 368 g/mol. The highest BCUT2D eigenvalue weighted by atomic mass is 16.2. The van der Waals surface area contributed by atoms with E-state index in [4.69, 9.17) is 0 Å². The predicted molar refractivity (Wildman–Crippen MR) is 110 cm³/mol. The van der Waals surface area contributed by atoms with Gasteiger partial charge in [-0.1, -0.05) is 0 Å². The lowest BCUT2D eigenvalue weighted by molar-refractivity contribution is -0.928. The summed E-state index contributed by atoms with van der Waals surface area (Å²) in [7, 11) is 4.26. The molecule has 0 saturated carbocycles. The molecular formula is C21H40N6O2+2. The first-order valence-electron chi connectivity index (χ1n) is 11.7. The zero-order chi connectivity index (χ0) is 20.4. The molecule has 0 aromatic carbocycles. The second-order valence-corrected chi connectivity index (χ2v) is 9.55. The van der Waals surface area contributed by atoms with Gasteiger partial charge >= 0.3 is 0 Å². The second kappa shape index (κ2) is 9.29. The lowest BCUT2D eigenvalue weighted by Gasteiger charge is -2.39. The minimum atomic E-state index is -0.0135. The molecule has 2 amide bonds. The fourth-order valence-corrected chi connectivity index (χ4v) is 5.94.